The fraction of sp³-hybridized carbons (Fsp3) is 0.294. The van der Waals surface area contributed by atoms with Gasteiger partial charge in [-0.2, -0.15) is 0 Å². The van der Waals surface area contributed by atoms with Crippen LogP contribution >= 0.6 is 11.3 Å². The van der Waals surface area contributed by atoms with Crippen molar-refractivity contribution in [3.8, 4) is 0 Å². The van der Waals surface area contributed by atoms with Crippen molar-refractivity contribution >= 4 is 21.6 Å². The molecule has 112 valence electrons. The summed E-state index contributed by atoms with van der Waals surface area (Å²) in [6, 6.07) is 10.6. The molecule has 0 saturated heterocycles. The molecule has 1 aliphatic heterocycles. The highest BCUT2D eigenvalue weighted by atomic mass is 32.1. The van der Waals surface area contributed by atoms with Crippen LogP contribution in [0.2, 0.25) is 0 Å². The van der Waals surface area contributed by atoms with Crippen molar-refractivity contribution in [1.82, 2.24) is 9.97 Å². The van der Waals surface area contributed by atoms with Crippen LogP contribution in [-0.4, -0.2) is 16.5 Å². The zero-order chi connectivity index (χ0) is 15.1. The molecule has 0 fully saturated rings. The van der Waals surface area contributed by atoms with Crippen LogP contribution in [0, 0.1) is 6.92 Å². The van der Waals surface area contributed by atoms with Crippen LogP contribution in [0.15, 0.2) is 35.1 Å². The first-order chi connectivity index (χ1) is 10.7. The molecule has 0 radical (unpaired) electrons. The third kappa shape index (κ3) is 2.36. The lowest BCUT2D eigenvalue weighted by Crippen LogP contribution is -3.10. The Labute approximate surface area is 132 Å². The molecule has 1 aromatic carbocycles. The Bertz CT molecular complexity index is 882. The van der Waals surface area contributed by atoms with E-state index in [1.54, 1.807) is 16.2 Å². The highest BCUT2D eigenvalue weighted by molar-refractivity contribution is 7.18. The molecule has 22 heavy (non-hydrogen) atoms. The van der Waals surface area contributed by atoms with E-state index in [4.69, 9.17) is 0 Å². The number of aromatic amines is 1. The Morgan fingerprint density at radius 3 is 2.95 bits per heavy atom. The molecule has 5 heteroatoms. The topological polar surface area (TPSA) is 50.2 Å². The van der Waals surface area contributed by atoms with Crippen LogP contribution in [0.3, 0.4) is 0 Å². The van der Waals surface area contributed by atoms with E-state index in [1.807, 2.05) is 6.92 Å². The number of hydrogen-bond acceptors (Lipinski definition) is 3. The summed E-state index contributed by atoms with van der Waals surface area (Å²) in [6.07, 6.45) is 0.964. The van der Waals surface area contributed by atoms with E-state index in [0.717, 1.165) is 36.3 Å². The zero-order valence-corrected chi connectivity index (χ0v) is 13.3. The van der Waals surface area contributed by atoms with Gasteiger partial charge in [-0.1, -0.05) is 30.3 Å². The summed E-state index contributed by atoms with van der Waals surface area (Å²) in [7, 11) is 0. The van der Waals surface area contributed by atoms with Crippen LogP contribution in [0.25, 0.3) is 10.2 Å². The molecular weight excluding hydrogens is 294 g/mol. The first kappa shape index (κ1) is 13.7. The number of thiophene rings is 1. The SMILES string of the molecule is Cc1nc2sc3c(c2c(=O)[nH]1)CC[NH+](Cc1ccccc1)C3. The molecule has 0 amide bonds. The second kappa shape index (κ2) is 5.34. The largest absolute Gasteiger partial charge is 0.326 e. The Hall–Kier alpha value is -1.98. The van der Waals surface area contributed by atoms with Gasteiger partial charge >= 0.3 is 0 Å². The summed E-state index contributed by atoms with van der Waals surface area (Å²) in [5.74, 6) is 0.699. The van der Waals surface area contributed by atoms with Crippen molar-refractivity contribution in [2.45, 2.75) is 26.4 Å². The van der Waals surface area contributed by atoms with E-state index in [-0.39, 0.29) is 5.56 Å². The molecule has 0 aliphatic carbocycles. The van der Waals surface area contributed by atoms with Gasteiger partial charge < -0.3 is 9.88 Å². The lowest BCUT2D eigenvalue weighted by atomic mass is 10.0. The monoisotopic (exact) mass is 312 g/mol. The van der Waals surface area contributed by atoms with E-state index < -0.39 is 0 Å². The van der Waals surface area contributed by atoms with E-state index in [1.165, 1.54) is 16.0 Å². The summed E-state index contributed by atoms with van der Waals surface area (Å²) in [5, 5.41) is 0.823. The second-order valence-electron chi connectivity index (χ2n) is 5.92. The van der Waals surface area contributed by atoms with Gasteiger partial charge in [0.15, 0.2) is 0 Å². The zero-order valence-electron chi connectivity index (χ0n) is 12.5. The van der Waals surface area contributed by atoms with Crippen LogP contribution in [-0.2, 0) is 19.5 Å². The van der Waals surface area contributed by atoms with Gasteiger partial charge in [0.1, 0.15) is 23.7 Å². The highest BCUT2D eigenvalue weighted by Gasteiger charge is 2.25. The fourth-order valence-electron chi connectivity index (χ4n) is 3.28. The number of nitrogens with one attached hydrogen (secondary N) is 2. The molecule has 2 N–H and O–H groups in total. The molecule has 1 aliphatic rings. The van der Waals surface area contributed by atoms with Gasteiger partial charge in [0, 0.05) is 12.0 Å². The first-order valence-corrected chi connectivity index (χ1v) is 8.41. The van der Waals surface area contributed by atoms with Gasteiger partial charge in [0.25, 0.3) is 5.56 Å². The van der Waals surface area contributed by atoms with E-state index >= 15 is 0 Å². The number of aryl methyl sites for hydroxylation is 1. The maximum absolute atomic E-state index is 12.2. The van der Waals surface area contributed by atoms with Gasteiger partial charge in [-0.05, 0) is 12.5 Å². The van der Waals surface area contributed by atoms with Crippen LogP contribution < -0.4 is 10.5 Å². The Morgan fingerprint density at radius 2 is 2.14 bits per heavy atom. The predicted octanol–water partition coefficient (Wildman–Crippen LogP) is 1.43. The molecule has 0 saturated carbocycles. The average Bonchev–Trinajstić information content (AvgIpc) is 2.85. The summed E-state index contributed by atoms with van der Waals surface area (Å²) in [6.45, 7) is 4.94. The van der Waals surface area contributed by atoms with Crippen LogP contribution in [0.5, 0.6) is 0 Å². The number of hydrogen-bond donors (Lipinski definition) is 2. The molecule has 0 bridgehead atoms. The maximum atomic E-state index is 12.2. The molecule has 3 heterocycles. The molecular formula is C17H18N3OS+. The fourth-order valence-corrected chi connectivity index (χ4v) is 4.62. The number of H-pyrrole nitrogens is 1. The van der Waals surface area contributed by atoms with E-state index in [2.05, 4.69) is 40.3 Å². The number of quaternary nitrogens is 1. The summed E-state index contributed by atoms with van der Waals surface area (Å²) < 4.78 is 0. The molecule has 0 spiro atoms. The average molecular weight is 312 g/mol. The Balaban J connectivity index is 1.67. The summed E-state index contributed by atoms with van der Waals surface area (Å²) >= 11 is 1.69. The van der Waals surface area contributed by atoms with Crippen molar-refractivity contribution in [2.24, 2.45) is 0 Å². The number of benzene rings is 1. The molecule has 1 atom stereocenters. The Morgan fingerprint density at radius 1 is 1.32 bits per heavy atom. The minimum Gasteiger partial charge on any atom is -0.326 e. The van der Waals surface area contributed by atoms with Crippen molar-refractivity contribution in [3.63, 3.8) is 0 Å². The van der Waals surface area contributed by atoms with Gasteiger partial charge in [0.2, 0.25) is 0 Å². The van der Waals surface area contributed by atoms with Crippen LogP contribution in [0.4, 0.5) is 0 Å². The summed E-state index contributed by atoms with van der Waals surface area (Å²) in [4.78, 5) is 23.3. The van der Waals surface area contributed by atoms with Crippen molar-refractivity contribution in [2.75, 3.05) is 6.54 Å². The smallest absolute Gasteiger partial charge is 0.259 e. The molecule has 1 unspecified atom stereocenters. The molecule has 2 aromatic heterocycles. The number of rotatable bonds is 2. The van der Waals surface area contributed by atoms with E-state index in [0.29, 0.717) is 5.82 Å². The lowest BCUT2D eigenvalue weighted by Gasteiger charge is -2.23. The minimum atomic E-state index is 0.0199. The molecule has 4 rings (SSSR count). The molecule has 4 nitrogen and oxygen atoms in total. The Kier molecular flexibility index (Phi) is 3.32. The van der Waals surface area contributed by atoms with Gasteiger partial charge in [-0.25, -0.2) is 4.98 Å². The van der Waals surface area contributed by atoms with Gasteiger partial charge in [-0.3, -0.25) is 4.79 Å². The maximum Gasteiger partial charge on any atom is 0.259 e. The summed E-state index contributed by atoms with van der Waals surface area (Å²) in [5.41, 5.74) is 2.62. The van der Waals surface area contributed by atoms with Gasteiger partial charge in [0.05, 0.1) is 16.8 Å². The van der Waals surface area contributed by atoms with E-state index in [9.17, 15) is 4.79 Å². The molecule has 3 aromatic rings. The number of nitrogens with zero attached hydrogens (tertiary/aromatic N) is 1. The number of aromatic nitrogens is 2. The van der Waals surface area contributed by atoms with Crippen molar-refractivity contribution in [1.29, 1.82) is 0 Å². The highest BCUT2D eigenvalue weighted by Crippen LogP contribution is 2.28. The predicted molar refractivity (Wildman–Crippen MR) is 88.4 cm³/mol. The first-order valence-electron chi connectivity index (χ1n) is 7.59. The normalized spacial score (nSPS) is 17.6. The lowest BCUT2D eigenvalue weighted by molar-refractivity contribution is -0.929. The second-order valence-corrected chi connectivity index (χ2v) is 7.01. The van der Waals surface area contributed by atoms with Crippen molar-refractivity contribution in [3.05, 3.63) is 62.5 Å². The third-order valence-corrected chi connectivity index (χ3v) is 5.42. The van der Waals surface area contributed by atoms with Crippen LogP contribution in [0.1, 0.15) is 21.8 Å². The van der Waals surface area contributed by atoms with Gasteiger partial charge in [-0.15, -0.1) is 11.3 Å². The number of fused-ring (bicyclic) bond motifs is 3. The quantitative estimate of drug-likeness (QED) is 0.752. The standard InChI is InChI=1S/C17H17N3OS/c1-11-18-16(21)15-13-7-8-20(9-12-5-3-2-4-6-12)10-14(13)22-17(15)19-11/h2-6H,7-10H2,1H3,(H,18,19,21)/p+1. The minimum absolute atomic E-state index is 0.0199. The third-order valence-electron chi connectivity index (χ3n) is 4.30. The van der Waals surface area contributed by atoms with Crippen molar-refractivity contribution < 1.29 is 4.90 Å².